The van der Waals surface area contributed by atoms with Crippen LogP contribution in [0.5, 0.6) is 0 Å². The van der Waals surface area contributed by atoms with Gasteiger partial charge < -0.3 is 15.4 Å². The molecule has 0 aliphatic carbocycles. The number of ether oxygens (including phenoxy) is 1. The summed E-state index contributed by atoms with van der Waals surface area (Å²) in [5.74, 6) is -1.34. The largest absolute Gasteiger partial charge is 0.461 e. The molecule has 0 saturated heterocycles. The zero-order chi connectivity index (χ0) is 29.8. The fraction of sp³-hybridized carbons (Fsp3) is 0.500. The third-order valence-corrected chi connectivity index (χ3v) is 7.42. The number of anilines is 2. The molecule has 1 atom stereocenters. The van der Waals surface area contributed by atoms with E-state index in [1.54, 1.807) is 45.0 Å². The fourth-order valence-electron chi connectivity index (χ4n) is 4.22. The lowest BCUT2D eigenvalue weighted by molar-refractivity contribution is -0.153. The van der Waals surface area contributed by atoms with Crippen LogP contribution in [0, 0.1) is 5.92 Å². The Morgan fingerprint density at radius 3 is 2.35 bits per heavy atom. The van der Waals surface area contributed by atoms with E-state index < -0.39 is 39.9 Å². The Morgan fingerprint density at radius 1 is 1.12 bits per heavy atom. The van der Waals surface area contributed by atoms with E-state index in [2.05, 4.69) is 14.7 Å². The molecule has 1 amide bonds. The molecule has 0 spiro atoms. The summed E-state index contributed by atoms with van der Waals surface area (Å²) in [7, 11) is -2.36. The summed E-state index contributed by atoms with van der Waals surface area (Å²) in [6, 6.07) is 7.18. The van der Waals surface area contributed by atoms with E-state index in [1.807, 2.05) is 19.9 Å². The number of sulfonamides is 1. The molecule has 3 N–H and O–H groups in total. The molecule has 1 unspecified atom stereocenters. The van der Waals surface area contributed by atoms with Gasteiger partial charge in [-0.1, -0.05) is 51.1 Å². The third kappa shape index (κ3) is 6.97. The summed E-state index contributed by atoms with van der Waals surface area (Å²) >= 11 is 0. The number of carbonyl (C=O) groups excluding carboxylic acids is 2. The Hall–Kier alpha value is -3.94. The highest BCUT2D eigenvalue weighted by Gasteiger charge is 2.34. The predicted octanol–water partition coefficient (Wildman–Crippen LogP) is 2.64. The van der Waals surface area contributed by atoms with Crippen LogP contribution < -0.4 is 16.1 Å². The molecule has 0 fully saturated rings. The highest BCUT2D eigenvalue weighted by atomic mass is 32.2. The van der Waals surface area contributed by atoms with Crippen LogP contribution in [0.4, 0.5) is 16.6 Å². The molecule has 13 nitrogen and oxygen atoms in total. The number of carbonyl (C=O) groups is 2. The second kappa shape index (κ2) is 12.5. The van der Waals surface area contributed by atoms with E-state index in [0.717, 1.165) is 15.0 Å². The molecule has 1 aromatic carbocycles. The number of imidazole rings is 1. The minimum absolute atomic E-state index is 0.0165. The molecule has 2 heterocycles. The molecular weight excluding hydrogens is 538 g/mol. The Bertz CT molecular complexity index is 1530. The maximum absolute atomic E-state index is 13.9. The molecule has 0 aliphatic heterocycles. The van der Waals surface area contributed by atoms with Gasteiger partial charge in [0.25, 0.3) is 0 Å². The number of nitrogens with zero attached hydrogens (tertiary/aromatic N) is 5. The predicted molar refractivity (Wildman–Crippen MR) is 152 cm³/mol. The molecule has 0 radical (unpaired) electrons. The van der Waals surface area contributed by atoms with Crippen molar-refractivity contribution in [1.82, 2.24) is 24.0 Å². The summed E-state index contributed by atoms with van der Waals surface area (Å²) in [6.45, 7) is 8.94. The average Bonchev–Trinajstić information content (AvgIpc) is 3.13. The SMILES string of the molecule is CCCS(=O)(=O)Nc1nc(N)c2c(n1)n(Cc1ccccc1)c(=O)n2C(=O)N(C)C(CC(C)C)C(=O)OC(C)C. The zero-order valence-corrected chi connectivity index (χ0v) is 24.4. The minimum Gasteiger partial charge on any atom is -0.461 e. The number of nitrogens with one attached hydrogen (secondary N) is 1. The van der Waals surface area contributed by atoms with Crippen LogP contribution in [0.15, 0.2) is 35.1 Å². The lowest BCUT2D eigenvalue weighted by Crippen LogP contribution is -2.48. The van der Waals surface area contributed by atoms with Crippen LogP contribution in [-0.2, 0) is 26.1 Å². The topological polar surface area (TPSA) is 172 Å². The normalized spacial score (nSPS) is 12.6. The minimum atomic E-state index is -3.77. The smallest absolute Gasteiger partial charge is 0.339 e. The lowest BCUT2D eigenvalue weighted by Gasteiger charge is -2.28. The van der Waals surface area contributed by atoms with Crippen molar-refractivity contribution in [3.63, 3.8) is 0 Å². The standard InChI is InChI=1S/C26H37N7O6S/c1-7-13-40(37,38)30-24-28-21(27)20-22(29-24)32(15-18-11-9-8-10-12-18)26(36)33(20)25(35)31(6)19(14-16(2)3)23(34)39-17(4)5/h8-12,16-17,19H,7,13-15H2,1-6H3,(H3,27,28,29,30). The molecule has 0 bridgehead atoms. The van der Waals surface area contributed by atoms with Crippen molar-refractivity contribution in [3.05, 3.63) is 46.4 Å². The summed E-state index contributed by atoms with van der Waals surface area (Å²) in [5.41, 5.74) is 6.04. The van der Waals surface area contributed by atoms with Crippen molar-refractivity contribution >= 4 is 45.0 Å². The second-order valence-electron chi connectivity index (χ2n) is 10.2. The van der Waals surface area contributed by atoms with Gasteiger partial charge >= 0.3 is 17.7 Å². The zero-order valence-electron chi connectivity index (χ0n) is 23.6. The average molecular weight is 576 g/mol. The van der Waals surface area contributed by atoms with E-state index in [4.69, 9.17) is 10.5 Å². The number of nitrogen functional groups attached to an aromatic ring is 1. The number of hydrogen-bond acceptors (Lipinski definition) is 9. The van der Waals surface area contributed by atoms with Crippen LogP contribution in [0.3, 0.4) is 0 Å². The number of amides is 1. The molecular formula is C26H37N7O6S. The summed E-state index contributed by atoms with van der Waals surface area (Å²) in [4.78, 5) is 50.1. The molecule has 0 saturated carbocycles. The summed E-state index contributed by atoms with van der Waals surface area (Å²) < 4.78 is 34.5. The fourth-order valence-corrected chi connectivity index (χ4v) is 5.23. The first-order valence-corrected chi connectivity index (χ1v) is 14.7. The summed E-state index contributed by atoms with van der Waals surface area (Å²) in [6.07, 6.45) is 0.250. The quantitative estimate of drug-likeness (QED) is 0.326. The maximum atomic E-state index is 13.9. The van der Waals surface area contributed by atoms with Crippen molar-refractivity contribution in [2.24, 2.45) is 5.92 Å². The first-order valence-electron chi connectivity index (χ1n) is 13.1. The number of likely N-dealkylation sites (N-methyl/N-ethyl adjacent to an activating group) is 1. The van der Waals surface area contributed by atoms with E-state index in [9.17, 15) is 22.8 Å². The Labute approximate surface area is 233 Å². The number of esters is 1. The van der Waals surface area contributed by atoms with Crippen LogP contribution in [0.2, 0.25) is 0 Å². The first kappa shape index (κ1) is 30.6. The molecule has 3 rings (SSSR count). The lowest BCUT2D eigenvalue weighted by atomic mass is 10.0. The van der Waals surface area contributed by atoms with Gasteiger partial charge in [0, 0.05) is 7.05 Å². The monoisotopic (exact) mass is 575 g/mol. The van der Waals surface area contributed by atoms with Crippen molar-refractivity contribution in [2.75, 3.05) is 23.3 Å². The number of hydrogen-bond donors (Lipinski definition) is 2. The molecule has 218 valence electrons. The van der Waals surface area contributed by atoms with Crippen LogP contribution in [0.25, 0.3) is 11.2 Å². The number of benzene rings is 1. The Morgan fingerprint density at radius 2 is 1.77 bits per heavy atom. The van der Waals surface area contributed by atoms with E-state index >= 15 is 0 Å². The van der Waals surface area contributed by atoms with E-state index in [0.29, 0.717) is 12.8 Å². The van der Waals surface area contributed by atoms with Crippen molar-refractivity contribution in [2.45, 2.75) is 66.2 Å². The van der Waals surface area contributed by atoms with Crippen LogP contribution >= 0.6 is 0 Å². The van der Waals surface area contributed by atoms with Gasteiger partial charge in [-0.25, -0.2) is 27.4 Å². The van der Waals surface area contributed by atoms with Crippen LogP contribution in [-0.4, -0.2) is 69.4 Å². The van der Waals surface area contributed by atoms with Gasteiger partial charge in [-0.05, 0) is 38.2 Å². The van der Waals surface area contributed by atoms with Gasteiger partial charge in [0.05, 0.1) is 18.4 Å². The number of aromatic nitrogens is 4. The van der Waals surface area contributed by atoms with Gasteiger partial charge in [-0.3, -0.25) is 9.29 Å². The second-order valence-corrected chi connectivity index (χ2v) is 12.1. The van der Waals surface area contributed by atoms with Gasteiger partial charge in [0.1, 0.15) is 11.6 Å². The number of nitrogens with two attached hydrogens (primary N) is 1. The highest BCUT2D eigenvalue weighted by Crippen LogP contribution is 2.23. The first-order chi connectivity index (χ1) is 18.8. The van der Waals surface area contributed by atoms with Gasteiger partial charge in [-0.2, -0.15) is 9.97 Å². The molecule has 14 heteroatoms. The Balaban J connectivity index is 2.20. The van der Waals surface area contributed by atoms with Crippen molar-refractivity contribution in [1.29, 1.82) is 0 Å². The van der Waals surface area contributed by atoms with E-state index in [-0.39, 0.29) is 41.1 Å². The summed E-state index contributed by atoms with van der Waals surface area (Å²) in [5, 5.41) is 0. The van der Waals surface area contributed by atoms with Gasteiger partial charge in [0.15, 0.2) is 11.5 Å². The maximum Gasteiger partial charge on any atom is 0.339 e. The third-order valence-electron chi connectivity index (χ3n) is 5.98. The molecule has 40 heavy (non-hydrogen) atoms. The molecule has 2 aromatic heterocycles. The highest BCUT2D eigenvalue weighted by molar-refractivity contribution is 7.92. The molecule has 0 aliphatic rings. The van der Waals surface area contributed by atoms with Gasteiger partial charge in [0.2, 0.25) is 16.0 Å². The van der Waals surface area contributed by atoms with Crippen LogP contribution in [0.1, 0.15) is 53.0 Å². The Kier molecular flexibility index (Phi) is 9.56. The molecule has 3 aromatic rings. The van der Waals surface area contributed by atoms with Gasteiger partial charge in [-0.15, -0.1) is 0 Å². The van der Waals surface area contributed by atoms with Crippen molar-refractivity contribution < 1.29 is 22.7 Å². The number of fused-ring (bicyclic) bond motifs is 1. The van der Waals surface area contributed by atoms with Crippen molar-refractivity contribution in [3.8, 4) is 0 Å². The number of rotatable bonds is 11. The van der Waals surface area contributed by atoms with E-state index in [1.165, 1.54) is 11.6 Å².